The predicted octanol–water partition coefficient (Wildman–Crippen LogP) is 3.16. The third-order valence-corrected chi connectivity index (χ3v) is 3.62. The zero-order valence-corrected chi connectivity index (χ0v) is 17.4. The Morgan fingerprint density at radius 1 is 0.640 bits per heavy atom. The summed E-state index contributed by atoms with van der Waals surface area (Å²) < 4.78 is 36.1. The van der Waals surface area contributed by atoms with Crippen LogP contribution < -0.4 is 0 Å². The molecule has 0 aliphatic carbocycles. The van der Waals surface area contributed by atoms with E-state index in [-0.39, 0.29) is 48.8 Å². The monoisotopic (exact) mass is 362 g/mol. The van der Waals surface area contributed by atoms with Crippen molar-refractivity contribution in [3.05, 3.63) is 0 Å². The lowest BCUT2D eigenvalue weighted by atomic mass is 9.97. The fourth-order valence-electron chi connectivity index (χ4n) is 2.96. The van der Waals surface area contributed by atoms with Crippen LogP contribution in [0, 0.1) is 0 Å². The Morgan fingerprint density at radius 3 is 1.52 bits per heavy atom. The van der Waals surface area contributed by atoms with Crippen molar-refractivity contribution in [3.63, 3.8) is 0 Å². The fraction of sp³-hybridized carbons (Fsp3) is 1.00. The lowest BCUT2D eigenvalue weighted by Crippen LogP contribution is -2.63. The molecule has 0 N–H and O–H groups in total. The SMILES string of the molecule is COCC1OC(OC(C)C)C(OC(C)C)[C@@H](OC(C)C)[C@@H]1OC(C)C. The molecule has 0 amide bonds. The first-order valence-corrected chi connectivity index (χ1v) is 9.41. The van der Waals surface area contributed by atoms with Gasteiger partial charge in [-0.3, -0.25) is 0 Å². The quantitative estimate of drug-likeness (QED) is 0.595. The van der Waals surface area contributed by atoms with Gasteiger partial charge in [0.15, 0.2) is 6.29 Å². The molecule has 25 heavy (non-hydrogen) atoms. The van der Waals surface area contributed by atoms with Gasteiger partial charge in [0.1, 0.15) is 24.4 Å². The molecule has 1 aliphatic heterocycles. The molecule has 1 saturated heterocycles. The highest BCUT2D eigenvalue weighted by atomic mass is 16.7. The van der Waals surface area contributed by atoms with Crippen LogP contribution in [0.2, 0.25) is 0 Å². The maximum Gasteiger partial charge on any atom is 0.187 e. The molecule has 0 spiro atoms. The summed E-state index contributed by atoms with van der Waals surface area (Å²) in [6.07, 6.45) is -1.69. The van der Waals surface area contributed by atoms with Crippen LogP contribution in [0.1, 0.15) is 55.4 Å². The summed E-state index contributed by atoms with van der Waals surface area (Å²) in [5.41, 5.74) is 0. The smallest absolute Gasteiger partial charge is 0.187 e. The number of hydrogen-bond acceptors (Lipinski definition) is 6. The number of rotatable bonds is 10. The molecule has 0 radical (unpaired) electrons. The van der Waals surface area contributed by atoms with Crippen LogP contribution in [0.3, 0.4) is 0 Å². The maximum absolute atomic E-state index is 6.24. The van der Waals surface area contributed by atoms with Crippen LogP contribution in [0.25, 0.3) is 0 Å². The summed E-state index contributed by atoms with van der Waals surface area (Å²) in [6.45, 7) is 16.4. The van der Waals surface area contributed by atoms with E-state index < -0.39 is 6.29 Å². The lowest BCUT2D eigenvalue weighted by Gasteiger charge is -2.47. The number of methoxy groups -OCH3 is 1. The van der Waals surface area contributed by atoms with Crippen LogP contribution >= 0.6 is 0 Å². The zero-order chi connectivity index (χ0) is 19.1. The molecular formula is C19H38O6. The van der Waals surface area contributed by atoms with Crippen LogP contribution in [0.5, 0.6) is 0 Å². The molecular weight excluding hydrogens is 324 g/mol. The Morgan fingerprint density at radius 2 is 1.08 bits per heavy atom. The molecule has 150 valence electrons. The molecule has 1 rings (SSSR count). The highest BCUT2D eigenvalue weighted by molar-refractivity contribution is 4.94. The van der Waals surface area contributed by atoms with Gasteiger partial charge in [-0.1, -0.05) is 0 Å². The van der Waals surface area contributed by atoms with Crippen molar-refractivity contribution >= 4 is 0 Å². The molecule has 1 aliphatic rings. The van der Waals surface area contributed by atoms with E-state index in [0.717, 1.165) is 0 Å². The van der Waals surface area contributed by atoms with E-state index in [1.807, 2.05) is 55.4 Å². The molecule has 6 nitrogen and oxygen atoms in total. The second-order valence-electron chi connectivity index (χ2n) is 7.63. The second kappa shape index (κ2) is 10.8. The molecule has 6 heteroatoms. The summed E-state index contributed by atoms with van der Waals surface area (Å²) in [7, 11) is 1.66. The standard InChI is InChI=1S/C19H38O6/c1-11(2)21-16-15(10-20-9)25-19(24-14(7)8)18(23-13(5)6)17(16)22-12(3)4/h11-19H,10H2,1-9H3/t15?,16-,17+,18?,19?/m1/s1. The van der Waals surface area contributed by atoms with E-state index in [2.05, 4.69) is 0 Å². The highest BCUT2D eigenvalue weighted by Crippen LogP contribution is 2.31. The summed E-state index contributed by atoms with van der Waals surface area (Å²) in [6, 6.07) is 0. The number of ether oxygens (including phenoxy) is 6. The van der Waals surface area contributed by atoms with Crippen LogP contribution in [0.15, 0.2) is 0 Å². The van der Waals surface area contributed by atoms with Crippen molar-refractivity contribution < 1.29 is 28.4 Å². The minimum absolute atomic E-state index is 0.00808. The minimum Gasteiger partial charge on any atom is -0.382 e. The summed E-state index contributed by atoms with van der Waals surface area (Å²) >= 11 is 0. The van der Waals surface area contributed by atoms with Gasteiger partial charge in [0, 0.05) is 7.11 Å². The first-order chi connectivity index (χ1) is 11.6. The van der Waals surface area contributed by atoms with Gasteiger partial charge in [-0.05, 0) is 55.4 Å². The third kappa shape index (κ3) is 7.49. The van der Waals surface area contributed by atoms with Gasteiger partial charge in [-0.15, -0.1) is 0 Å². The summed E-state index contributed by atoms with van der Waals surface area (Å²) in [5.74, 6) is 0. The molecule has 0 bridgehead atoms. The second-order valence-corrected chi connectivity index (χ2v) is 7.63. The van der Waals surface area contributed by atoms with Crippen molar-refractivity contribution in [2.45, 2.75) is 111 Å². The molecule has 5 atom stereocenters. The summed E-state index contributed by atoms with van der Waals surface area (Å²) in [5, 5.41) is 0. The average Bonchev–Trinajstić information content (AvgIpc) is 2.45. The zero-order valence-electron chi connectivity index (χ0n) is 17.4. The first-order valence-electron chi connectivity index (χ1n) is 9.41. The Bertz CT molecular complexity index is 358. The Kier molecular flexibility index (Phi) is 9.85. The lowest BCUT2D eigenvalue weighted by molar-refractivity contribution is -0.339. The number of hydrogen-bond donors (Lipinski definition) is 0. The summed E-state index contributed by atoms with van der Waals surface area (Å²) in [4.78, 5) is 0. The van der Waals surface area contributed by atoms with Crippen molar-refractivity contribution in [3.8, 4) is 0 Å². The topological polar surface area (TPSA) is 55.4 Å². The van der Waals surface area contributed by atoms with Crippen molar-refractivity contribution in [1.29, 1.82) is 0 Å². The molecule has 0 saturated carbocycles. The minimum atomic E-state index is -0.529. The van der Waals surface area contributed by atoms with E-state index in [4.69, 9.17) is 28.4 Å². The molecule has 0 aromatic rings. The van der Waals surface area contributed by atoms with Crippen molar-refractivity contribution in [2.24, 2.45) is 0 Å². The van der Waals surface area contributed by atoms with Crippen molar-refractivity contribution in [2.75, 3.05) is 13.7 Å². The van der Waals surface area contributed by atoms with Gasteiger partial charge >= 0.3 is 0 Å². The third-order valence-electron chi connectivity index (χ3n) is 3.62. The molecule has 3 unspecified atom stereocenters. The predicted molar refractivity (Wildman–Crippen MR) is 96.8 cm³/mol. The highest BCUT2D eigenvalue weighted by Gasteiger charge is 2.50. The van der Waals surface area contributed by atoms with E-state index >= 15 is 0 Å². The maximum atomic E-state index is 6.24. The fourth-order valence-corrected chi connectivity index (χ4v) is 2.96. The van der Waals surface area contributed by atoms with Crippen LogP contribution in [-0.4, -0.2) is 68.8 Å². The molecule has 1 heterocycles. The Balaban J connectivity index is 3.17. The van der Waals surface area contributed by atoms with Crippen LogP contribution in [0.4, 0.5) is 0 Å². The van der Waals surface area contributed by atoms with Crippen molar-refractivity contribution in [1.82, 2.24) is 0 Å². The average molecular weight is 363 g/mol. The Labute approximate surface area is 153 Å². The molecule has 0 aromatic heterocycles. The normalized spacial score (nSPS) is 30.8. The van der Waals surface area contributed by atoms with Gasteiger partial charge in [0.25, 0.3) is 0 Å². The van der Waals surface area contributed by atoms with E-state index in [0.29, 0.717) is 6.61 Å². The van der Waals surface area contributed by atoms with E-state index in [9.17, 15) is 0 Å². The largest absolute Gasteiger partial charge is 0.382 e. The van der Waals surface area contributed by atoms with Crippen LogP contribution in [-0.2, 0) is 28.4 Å². The van der Waals surface area contributed by atoms with E-state index in [1.165, 1.54) is 0 Å². The van der Waals surface area contributed by atoms with Gasteiger partial charge in [-0.25, -0.2) is 0 Å². The van der Waals surface area contributed by atoms with Gasteiger partial charge in [0.05, 0.1) is 31.0 Å². The van der Waals surface area contributed by atoms with E-state index in [1.54, 1.807) is 7.11 Å². The van der Waals surface area contributed by atoms with Gasteiger partial charge in [0.2, 0.25) is 0 Å². The Hall–Kier alpha value is -0.240. The molecule has 1 fully saturated rings. The van der Waals surface area contributed by atoms with Gasteiger partial charge < -0.3 is 28.4 Å². The molecule has 0 aromatic carbocycles. The first kappa shape index (κ1) is 22.8. The van der Waals surface area contributed by atoms with Gasteiger partial charge in [-0.2, -0.15) is 0 Å².